The number of nitrogens with zero attached hydrogens (tertiary/aromatic N) is 1. The molecule has 0 saturated heterocycles. The van der Waals surface area contributed by atoms with E-state index in [-0.39, 0.29) is 12.3 Å². The summed E-state index contributed by atoms with van der Waals surface area (Å²) in [6.07, 6.45) is -2.93. The summed E-state index contributed by atoms with van der Waals surface area (Å²) in [6.45, 7) is 3.14. The third-order valence-electron chi connectivity index (χ3n) is 3.31. The van der Waals surface area contributed by atoms with Crippen molar-refractivity contribution in [3.05, 3.63) is 47.3 Å². The van der Waals surface area contributed by atoms with Crippen LogP contribution in [0.2, 0.25) is 0 Å². The smallest absolute Gasteiger partial charge is 0.432 e. The van der Waals surface area contributed by atoms with Crippen molar-refractivity contribution in [1.82, 2.24) is 4.98 Å². The van der Waals surface area contributed by atoms with Gasteiger partial charge in [0.25, 0.3) is 0 Å². The number of allylic oxidation sites excluding steroid dienone is 1. The molecule has 1 aromatic heterocycles. The van der Waals surface area contributed by atoms with E-state index in [1.807, 2.05) is 0 Å². The van der Waals surface area contributed by atoms with Crippen LogP contribution >= 0.6 is 0 Å². The molecule has 132 valence electrons. The molecule has 0 bridgehead atoms. The van der Waals surface area contributed by atoms with Gasteiger partial charge in [0.05, 0.1) is 12.1 Å². The molecule has 0 spiro atoms. The molecule has 0 radical (unpaired) electrons. The highest BCUT2D eigenvalue weighted by molar-refractivity contribution is 6.10. The van der Waals surface area contributed by atoms with Crippen LogP contribution in [0.5, 0.6) is 0 Å². The second-order valence-electron chi connectivity index (χ2n) is 5.16. The highest BCUT2D eigenvalue weighted by atomic mass is 19.4. The maximum atomic E-state index is 13.5. The van der Waals surface area contributed by atoms with Gasteiger partial charge in [0.15, 0.2) is 0 Å². The minimum atomic E-state index is -4.88. The first-order valence-corrected chi connectivity index (χ1v) is 7.39. The number of fused-ring (bicyclic) bond motifs is 1. The lowest BCUT2D eigenvalue weighted by Crippen LogP contribution is -2.25. The number of hydrogen-bond acceptors (Lipinski definition) is 5. The topological polar surface area (TPSA) is 75.1 Å². The highest BCUT2D eigenvalue weighted by Crippen LogP contribution is 2.32. The van der Waals surface area contributed by atoms with Gasteiger partial charge in [-0.1, -0.05) is 6.07 Å². The van der Waals surface area contributed by atoms with Crippen LogP contribution in [0.3, 0.4) is 0 Å². The summed E-state index contributed by atoms with van der Waals surface area (Å²) in [5, 5.41) is 9.92. The molecule has 25 heavy (non-hydrogen) atoms. The Kier molecular flexibility index (Phi) is 5.41. The quantitative estimate of drug-likeness (QED) is 0.485. The van der Waals surface area contributed by atoms with Crippen molar-refractivity contribution in [2.45, 2.75) is 20.0 Å². The molecule has 0 unspecified atom stereocenters. The molecule has 2 aromatic rings. The molecule has 2 N–H and O–H groups in total. The van der Waals surface area contributed by atoms with Crippen LogP contribution in [0.15, 0.2) is 41.7 Å². The Bertz CT molecular complexity index is 845. The Labute approximate surface area is 142 Å². The molecule has 0 aliphatic heterocycles. The maximum Gasteiger partial charge on any atom is 0.432 e. The van der Waals surface area contributed by atoms with Crippen LogP contribution in [-0.2, 0) is 9.53 Å². The van der Waals surface area contributed by atoms with Gasteiger partial charge < -0.3 is 15.5 Å². The number of rotatable bonds is 5. The number of esters is 1. The number of ether oxygens (including phenoxy) is 1. The van der Waals surface area contributed by atoms with Gasteiger partial charge in [0, 0.05) is 23.5 Å². The van der Waals surface area contributed by atoms with Crippen LogP contribution in [0.25, 0.3) is 10.9 Å². The average molecular weight is 351 g/mol. The first-order chi connectivity index (χ1) is 11.8. The molecule has 0 amide bonds. The van der Waals surface area contributed by atoms with E-state index in [0.29, 0.717) is 17.1 Å². The Morgan fingerprint density at radius 1 is 1.40 bits per heavy atom. The van der Waals surface area contributed by atoms with E-state index in [2.05, 4.69) is 15.0 Å². The molecular weight excluding hydrogens is 335 g/mol. The fraction of sp³-hybridized carbons (Fsp3) is 0.235. The van der Waals surface area contributed by atoms with Gasteiger partial charge in [0.1, 0.15) is 11.3 Å². The Balaban J connectivity index is 2.61. The van der Waals surface area contributed by atoms with Crippen molar-refractivity contribution in [2.75, 3.05) is 11.9 Å². The highest BCUT2D eigenvalue weighted by Gasteiger charge is 2.39. The van der Waals surface area contributed by atoms with E-state index in [9.17, 15) is 18.0 Å². The van der Waals surface area contributed by atoms with Gasteiger partial charge >= 0.3 is 12.1 Å². The molecule has 0 aliphatic carbocycles. The molecular formula is C17H16F3N3O2. The lowest BCUT2D eigenvalue weighted by atomic mass is 10.1. The first-order valence-electron chi connectivity index (χ1n) is 7.39. The number of benzene rings is 1. The number of carbonyl (C=O) groups excluding carboxylic acids is 1. The van der Waals surface area contributed by atoms with Gasteiger partial charge in [-0.25, -0.2) is 4.79 Å². The minimum Gasteiger partial charge on any atom is -0.462 e. The van der Waals surface area contributed by atoms with Gasteiger partial charge in [-0.2, -0.15) is 13.2 Å². The van der Waals surface area contributed by atoms with E-state index in [4.69, 9.17) is 5.41 Å². The van der Waals surface area contributed by atoms with E-state index in [1.165, 1.54) is 13.0 Å². The van der Waals surface area contributed by atoms with Crippen LogP contribution in [0.1, 0.15) is 12.5 Å². The number of alkyl halides is 3. The molecule has 0 saturated carbocycles. The summed E-state index contributed by atoms with van der Waals surface area (Å²) in [7, 11) is 0. The molecule has 0 atom stereocenters. The zero-order valence-electron chi connectivity index (χ0n) is 13.6. The first kappa shape index (κ1) is 18.4. The van der Waals surface area contributed by atoms with E-state index in [0.717, 1.165) is 5.56 Å². The summed E-state index contributed by atoms with van der Waals surface area (Å²) >= 11 is 0. The third kappa shape index (κ3) is 4.14. The van der Waals surface area contributed by atoms with Crippen LogP contribution in [-0.4, -0.2) is 30.0 Å². The molecule has 0 fully saturated rings. The Hall–Kier alpha value is -2.90. The number of carbonyl (C=O) groups is 1. The van der Waals surface area contributed by atoms with Crippen LogP contribution in [0.4, 0.5) is 18.9 Å². The van der Waals surface area contributed by atoms with Gasteiger partial charge in [-0.15, -0.1) is 0 Å². The fourth-order valence-electron chi connectivity index (χ4n) is 2.23. The van der Waals surface area contributed by atoms with Crippen molar-refractivity contribution in [1.29, 1.82) is 5.41 Å². The van der Waals surface area contributed by atoms with Crippen molar-refractivity contribution in [3.63, 3.8) is 0 Å². The van der Waals surface area contributed by atoms with Gasteiger partial charge in [-0.3, -0.25) is 4.98 Å². The van der Waals surface area contributed by atoms with Crippen LogP contribution < -0.4 is 5.32 Å². The van der Waals surface area contributed by atoms with Crippen molar-refractivity contribution in [3.8, 4) is 0 Å². The Morgan fingerprint density at radius 2 is 2.12 bits per heavy atom. The fourth-order valence-corrected chi connectivity index (χ4v) is 2.23. The Morgan fingerprint density at radius 3 is 2.72 bits per heavy atom. The van der Waals surface area contributed by atoms with Crippen molar-refractivity contribution in [2.24, 2.45) is 0 Å². The predicted octanol–water partition coefficient (Wildman–Crippen LogP) is 3.98. The minimum absolute atomic E-state index is 0.0985. The standard InChI is InChI=1S/C17H16F3N3O2/c1-3-25-16(24)12(8-21)15(17(18,19)20)23-14-6-4-5-13-11(14)7-10(2)9-22-13/h4-9,21,23H,3H2,1-2H3/b15-12+,21-8?. The molecule has 5 nitrogen and oxygen atoms in total. The maximum absolute atomic E-state index is 13.5. The summed E-state index contributed by atoms with van der Waals surface area (Å²) in [4.78, 5) is 16.0. The van der Waals surface area contributed by atoms with E-state index >= 15 is 0 Å². The van der Waals surface area contributed by atoms with Crippen LogP contribution in [0, 0.1) is 12.3 Å². The predicted molar refractivity (Wildman–Crippen MR) is 88.6 cm³/mol. The lowest BCUT2D eigenvalue weighted by Gasteiger charge is -2.18. The lowest BCUT2D eigenvalue weighted by molar-refractivity contribution is -0.139. The zero-order valence-corrected chi connectivity index (χ0v) is 13.6. The van der Waals surface area contributed by atoms with Gasteiger partial charge in [-0.05, 0) is 37.6 Å². The largest absolute Gasteiger partial charge is 0.462 e. The zero-order chi connectivity index (χ0) is 18.6. The molecule has 1 heterocycles. The summed E-state index contributed by atoms with van der Waals surface area (Å²) < 4.78 is 45.0. The summed E-state index contributed by atoms with van der Waals surface area (Å²) in [5.74, 6) is -1.22. The second-order valence-corrected chi connectivity index (χ2v) is 5.16. The monoisotopic (exact) mass is 351 g/mol. The number of aromatic nitrogens is 1. The number of hydrogen-bond donors (Lipinski definition) is 2. The molecule has 2 rings (SSSR count). The number of anilines is 1. The van der Waals surface area contributed by atoms with Crippen molar-refractivity contribution >= 4 is 28.8 Å². The van der Waals surface area contributed by atoms with Gasteiger partial charge in [0.2, 0.25) is 0 Å². The number of pyridine rings is 1. The SMILES string of the molecule is CCOC(=O)/C(C=N)=C(/Nc1cccc2ncc(C)cc12)C(F)(F)F. The summed E-state index contributed by atoms with van der Waals surface area (Å²) in [6, 6.07) is 6.35. The molecule has 8 heteroatoms. The number of nitrogens with one attached hydrogen (secondary N) is 2. The number of halogens is 3. The van der Waals surface area contributed by atoms with Crippen molar-refractivity contribution < 1.29 is 22.7 Å². The third-order valence-corrected chi connectivity index (χ3v) is 3.31. The average Bonchev–Trinajstić information content (AvgIpc) is 2.54. The summed E-state index contributed by atoms with van der Waals surface area (Å²) in [5.41, 5.74) is -0.840. The second kappa shape index (κ2) is 7.33. The molecule has 0 aliphatic rings. The van der Waals surface area contributed by atoms with E-state index < -0.39 is 23.4 Å². The normalized spacial score (nSPS) is 12.5. The number of aryl methyl sites for hydroxylation is 1. The van der Waals surface area contributed by atoms with E-state index in [1.54, 1.807) is 31.3 Å². The molecule has 1 aromatic carbocycles.